The Labute approximate surface area is 145 Å². The number of aliphatic hydroxyl groups is 1. The molecule has 140 valence electrons. The molecule has 0 rings (SSSR count). The van der Waals surface area contributed by atoms with E-state index in [-0.39, 0.29) is 12.8 Å². The van der Waals surface area contributed by atoms with E-state index in [2.05, 4.69) is 6.92 Å². The van der Waals surface area contributed by atoms with Crippen molar-refractivity contribution >= 4 is 11.9 Å². The minimum absolute atomic E-state index is 0.176. The molecule has 0 spiro atoms. The predicted molar refractivity (Wildman–Crippen MR) is 90.9 cm³/mol. The lowest BCUT2D eigenvalue weighted by atomic mass is 10.1. The Morgan fingerprint density at radius 2 is 1.83 bits per heavy atom. The molecular formula is C18H33NO5. The van der Waals surface area contributed by atoms with Crippen molar-refractivity contribution in [2.75, 3.05) is 27.7 Å². The van der Waals surface area contributed by atoms with E-state index in [9.17, 15) is 19.8 Å². The average molecular weight is 343 g/mol. The minimum atomic E-state index is -1.28. The molecule has 1 N–H and O–H groups in total. The van der Waals surface area contributed by atoms with Gasteiger partial charge in [-0.25, -0.2) is 4.79 Å². The van der Waals surface area contributed by atoms with Gasteiger partial charge in [0.1, 0.15) is 6.54 Å². The van der Waals surface area contributed by atoms with Crippen LogP contribution in [0.5, 0.6) is 0 Å². The van der Waals surface area contributed by atoms with Crippen LogP contribution < -0.4 is 5.11 Å². The highest BCUT2D eigenvalue weighted by atomic mass is 16.6. The molecule has 0 aliphatic rings. The fourth-order valence-corrected chi connectivity index (χ4v) is 2.31. The molecule has 6 nitrogen and oxygen atoms in total. The first-order chi connectivity index (χ1) is 11.2. The largest absolute Gasteiger partial charge is 0.550 e. The maximum atomic E-state index is 11.9. The molecule has 0 fully saturated rings. The van der Waals surface area contributed by atoms with Crippen LogP contribution in [0.25, 0.3) is 0 Å². The smallest absolute Gasteiger partial charge is 0.335 e. The lowest BCUT2D eigenvalue weighted by Gasteiger charge is -2.29. The van der Waals surface area contributed by atoms with Crippen LogP contribution in [0.1, 0.15) is 51.9 Å². The second-order valence-corrected chi connectivity index (χ2v) is 7.18. The number of rotatable bonds is 13. The number of aliphatic carboxylic acids is 1. The summed E-state index contributed by atoms with van der Waals surface area (Å²) in [5.74, 6) is -2.06. The summed E-state index contributed by atoms with van der Waals surface area (Å²) in [7, 11) is 5.61. The number of likely N-dealkylation sites (N-methyl/N-ethyl adjacent to an activating group) is 1. The summed E-state index contributed by atoms with van der Waals surface area (Å²) >= 11 is 0. The quantitative estimate of drug-likeness (QED) is 0.233. The topological polar surface area (TPSA) is 86.7 Å². The van der Waals surface area contributed by atoms with Gasteiger partial charge in [-0.15, -0.1) is 0 Å². The van der Waals surface area contributed by atoms with E-state index < -0.39 is 24.1 Å². The molecule has 6 heteroatoms. The number of carboxylic acid groups (broad SMARTS) is 1. The van der Waals surface area contributed by atoms with E-state index >= 15 is 0 Å². The summed E-state index contributed by atoms with van der Waals surface area (Å²) < 4.78 is 5.59. The van der Waals surface area contributed by atoms with Gasteiger partial charge in [0.25, 0.3) is 0 Å². The van der Waals surface area contributed by atoms with Gasteiger partial charge >= 0.3 is 5.97 Å². The Morgan fingerprint density at radius 1 is 1.17 bits per heavy atom. The van der Waals surface area contributed by atoms with Gasteiger partial charge < -0.3 is 24.2 Å². The van der Waals surface area contributed by atoms with Gasteiger partial charge in [0.2, 0.25) is 0 Å². The van der Waals surface area contributed by atoms with Crippen LogP contribution in [0.3, 0.4) is 0 Å². The van der Waals surface area contributed by atoms with Crippen molar-refractivity contribution in [1.29, 1.82) is 0 Å². The summed E-state index contributed by atoms with van der Waals surface area (Å²) in [5, 5.41) is 20.6. The normalized spacial score (nSPS) is 14.5. The van der Waals surface area contributed by atoms with E-state index in [0.29, 0.717) is 11.0 Å². The highest BCUT2D eigenvalue weighted by Gasteiger charge is 2.25. The van der Waals surface area contributed by atoms with Crippen molar-refractivity contribution in [3.63, 3.8) is 0 Å². The first-order valence-corrected chi connectivity index (χ1v) is 8.69. The third kappa shape index (κ3) is 13.1. The number of ether oxygens (including phenoxy) is 1. The van der Waals surface area contributed by atoms with Gasteiger partial charge in [-0.2, -0.15) is 0 Å². The Balaban J connectivity index is 4.28. The van der Waals surface area contributed by atoms with E-state index in [1.54, 1.807) is 6.08 Å². The number of quaternary nitrogens is 1. The van der Waals surface area contributed by atoms with Crippen LogP contribution in [0.15, 0.2) is 12.2 Å². The summed E-state index contributed by atoms with van der Waals surface area (Å²) in [6, 6.07) is 0. The molecule has 0 aromatic carbocycles. The predicted octanol–water partition coefficient (Wildman–Crippen LogP) is 1.02. The minimum Gasteiger partial charge on any atom is -0.550 e. The maximum absolute atomic E-state index is 11.9. The molecular weight excluding hydrogens is 310 g/mol. The summed E-state index contributed by atoms with van der Waals surface area (Å²) in [6.45, 7) is 2.49. The molecule has 2 atom stereocenters. The number of aliphatic hydroxyl groups excluding tert-OH is 1. The van der Waals surface area contributed by atoms with E-state index in [4.69, 9.17) is 4.74 Å². The number of carbonyl (C=O) groups is 2. The number of allylic oxidation sites excluding steroid dienone is 1. The SMILES string of the molecule is CCCCCC/C=C/CC(O)C(=O)OC(CC(=O)[O-])C[N+](C)(C)C. The van der Waals surface area contributed by atoms with E-state index in [1.165, 1.54) is 19.3 Å². The lowest BCUT2D eigenvalue weighted by molar-refractivity contribution is -0.873. The average Bonchev–Trinajstić information content (AvgIpc) is 2.43. The number of unbranched alkanes of at least 4 members (excludes halogenated alkanes) is 4. The van der Waals surface area contributed by atoms with E-state index in [0.717, 1.165) is 12.8 Å². The zero-order valence-electron chi connectivity index (χ0n) is 15.5. The summed E-state index contributed by atoms with van der Waals surface area (Å²) in [4.78, 5) is 22.7. The van der Waals surface area contributed by atoms with Crippen LogP contribution in [-0.2, 0) is 14.3 Å². The number of esters is 1. The van der Waals surface area contributed by atoms with Crippen molar-refractivity contribution in [3.05, 3.63) is 12.2 Å². The highest BCUT2D eigenvalue weighted by Crippen LogP contribution is 2.08. The number of carboxylic acids is 1. The fraction of sp³-hybridized carbons (Fsp3) is 0.778. The van der Waals surface area contributed by atoms with Crippen molar-refractivity contribution in [1.82, 2.24) is 0 Å². The van der Waals surface area contributed by atoms with Crippen LogP contribution in [0.2, 0.25) is 0 Å². The highest BCUT2D eigenvalue weighted by molar-refractivity contribution is 5.75. The van der Waals surface area contributed by atoms with Gasteiger partial charge in [-0.05, 0) is 12.8 Å². The number of hydrogen-bond acceptors (Lipinski definition) is 5. The molecule has 0 aliphatic heterocycles. The summed E-state index contributed by atoms with van der Waals surface area (Å²) in [5.41, 5.74) is 0. The first-order valence-electron chi connectivity index (χ1n) is 8.69. The summed E-state index contributed by atoms with van der Waals surface area (Å²) in [6.07, 6.45) is 7.06. The van der Waals surface area contributed by atoms with Crippen LogP contribution in [0.4, 0.5) is 0 Å². The first kappa shape index (κ1) is 22.6. The van der Waals surface area contributed by atoms with Gasteiger partial charge in [0.05, 0.1) is 21.1 Å². The third-order valence-corrected chi connectivity index (χ3v) is 3.45. The second-order valence-electron chi connectivity index (χ2n) is 7.18. The number of carbonyl (C=O) groups excluding carboxylic acids is 2. The van der Waals surface area contributed by atoms with E-state index in [1.807, 2.05) is 27.2 Å². The van der Waals surface area contributed by atoms with Crippen molar-refractivity contribution in [2.24, 2.45) is 0 Å². The zero-order valence-corrected chi connectivity index (χ0v) is 15.5. The number of nitrogens with zero attached hydrogens (tertiary/aromatic N) is 1. The molecule has 0 aromatic heterocycles. The maximum Gasteiger partial charge on any atom is 0.335 e. The molecule has 24 heavy (non-hydrogen) atoms. The molecule has 0 amide bonds. The van der Waals surface area contributed by atoms with Gasteiger partial charge in [0.15, 0.2) is 12.2 Å². The standard InChI is InChI=1S/C18H33NO5/c1-5-6-7-8-9-10-11-12-16(20)18(23)24-15(13-17(21)22)14-19(2,3)4/h10-11,15-16,20H,5-9,12-14H2,1-4H3/b11-10+. The van der Waals surface area contributed by atoms with Crippen LogP contribution in [-0.4, -0.2) is 61.4 Å². The van der Waals surface area contributed by atoms with Crippen molar-refractivity contribution < 1.29 is 29.0 Å². The number of hydrogen-bond donors (Lipinski definition) is 1. The Hall–Kier alpha value is -1.40. The van der Waals surface area contributed by atoms with Gasteiger partial charge in [0, 0.05) is 18.8 Å². The molecule has 0 aromatic rings. The molecule has 0 bridgehead atoms. The molecule has 2 unspecified atom stereocenters. The fourth-order valence-electron chi connectivity index (χ4n) is 2.31. The van der Waals surface area contributed by atoms with Gasteiger partial charge in [-0.3, -0.25) is 0 Å². The van der Waals surface area contributed by atoms with Crippen LogP contribution in [0, 0.1) is 0 Å². The molecule has 0 heterocycles. The van der Waals surface area contributed by atoms with Crippen molar-refractivity contribution in [2.45, 2.75) is 64.1 Å². The molecule has 0 saturated heterocycles. The zero-order chi connectivity index (χ0) is 18.6. The Morgan fingerprint density at radius 3 is 2.38 bits per heavy atom. The monoisotopic (exact) mass is 343 g/mol. The lowest BCUT2D eigenvalue weighted by Crippen LogP contribution is -2.46. The second kappa shape index (κ2) is 12.0. The van der Waals surface area contributed by atoms with Crippen molar-refractivity contribution in [3.8, 4) is 0 Å². The molecule has 0 radical (unpaired) electrons. The molecule has 0 aliphatic carbocycles. The Bertz CT molecular complexity index is 401. The third-order valence-electron chi connectivity index (χ3n) is 3.45. The van der Waals surface area contributed by atoms with Crippen LogP contribution >= 0.6 is 0 Å². The molecule has 0 saturated carbocycles. The Kier molecular flexibility index (Phi) is 11.3. The van der Waals surface area contributed by atoms with Gasteiger partial charge in [-0.1, -0.05) is 38.3 Å².